The minimum atomic E-state index is -0.321. The summed E-state index contributed by atoms with van der Waals surface area (Å²) in [6, 6.07) is 12.3. The second-order valence-electron chi connectivity index (χ2n) is 5.53. The molecule has 0 atom stereocenters. The fourth-order valence-corrected chi connectivity index (χ4v) is 3.00. The van der Waals surface area contributed by atoms with Crippen LogP contribution < -0.4 is 0 Å². The predicted octanol–water partition coefficient (Wildman–Crippen LogP) is 4.29. The maximum absolute atomic E-state index is 11.9. The Bertz CT molecular complexity index is 1020. The summed E-state index contributed by atoms with van der Waals surface area (Å²) in [5, 5.41) is 3.35. The van der Waals surface area contributed by atoms with Crippen LogP contribution in [0.4, 0.5) is 0 Å². The molecule has 0 fully saturated rings. The van der Waals surface area contributed by atoms with Crippen molar-refractivity contribution in [2.45, 2.75) is 13.8 Å². The minimum absolute atomic E-state index is 0.321. The number of benzene rings is 2. The van der Waals surface area contributed by atoms with E-state index in [9.17, 15) is 4.79 Å². The Morgan fingerprint density at radius 2 is 1.91 bits per heavy atom. The summed E-state index contributed by atoms with van der Waals surface area (Å²) >= 11 is 0. The van der Waals surface area contributed by atoms with Crippen LogP contribution in [0.2, 0.25) is 0 Å². The zero-order valence-electron chi connectivity index (χ0n) is 12.5. The number of carbonyl (C=O) groups excluding carboxylic acids is 1. The van der Waals surface area contributed by atoms with Gasteiger partial charge in [0.25, 0.3) is 0 Å². The third-order valence-corrected chi connectivity index (χ3v) is 4.02. The van der Waals surface area contributed by atoms with Gasteiger partial charge in [0, 0.05) is 21.7 Å². The van der Waals surface area contributed by atoms with E-state index >= 15 is 0 Å². The van der Waals surface area contributed by atoms with Gasteiger partial charge in [0.2, 0.25) is 0 Å². The van der Waals surface area contributed by atoms with Gasteiger partial charge in [-0.2, -0.15) is 0 Å². The van der Waals surface area contributed by atoms with Crippen molar-refractivity contribution in [1.82, 2.24) is 9.97 Å². The minimum Gasteiger partial charge on any atom is -0.461 e. The summed E-state index contributed by atoms with van der Waals surface area (Å²) < 4.78 is 5.06. The molecule has 4 rings (SSSR count). The Morgan fingerprint density at radius 1 is 1.05 bits per heavy atom. The van der Waals surface area contributed by atoms with E-state index in [2.05, 4.69) is 41.2 Å². The van der Waals surface area contributed by atoms with Gasteiger partial charge in [-0.15, -0.1) is 0 Å². The van der Waals surface area contributed by atoms with Crippen molar-refractivity contribution in [3.8, 4) is 0 Å². The predicted molar refractivity (Wildman–Crippen MR) is 88.4 cm³/mol. The molecule has 2 aromatic carbocycles. The highest BCUT2D eigenvalue weighted by Gasteiger charge is 2.14. The summed E-state index contributed by atoms with van der Waals surface area (Å²) in [5.74, 6) is -0.321. The van der Waals surface area contributed by atoms with E-state index in [1.54, 1.807) is 6.92 Å². The van der Waals surface area contributed by atoms with Gasteiger partial charge >= 0.3 is 5.97 Å². The van der Waals surface area contributed by atoms with Crippen LogP contribution in [0.3, 0.4) is 0 Å². The van der Waals surface area contributed by atoms with E-state index in [0.717, 1.165) is 27.3 Å². The zero-order chi connectivity index (χ0) is 15.3. The smallest absolute Gasteiger partial charge is 0.354 e. The first-order chi connectivity index (χ1) is 10.7. The molecular formula is C18H16N2O2. The van der Waals surface area contributed by atoms with Crippen LogP contribution in [0.25, 0.3) is 32.7 Å². The van der Waals surface area contributed by atoms with Gasteiger partial charge in [-0.25, -0.2) is 4.79 Å². The number of aromatic amines is 2. The first kappa shape index (κ1) is 13.0. The van der Waals surface area contributed by atoms with E-state index in [0.29, 0.717) is 12.3 Å². The van der Waals surface area contributed by atoms with Gasteiger partial charge < -0.3 is 14.7 Å². The largest absolute Gasteiger partial charge is 0.461 e. The van der Waals surface area contributed by atoms with E-state index < -0.39 is 0 Å². The fraction of sp³-hybridized carbons (Fsp3) is 0.167. The topological polar surface area (TPSA) is 57.9 Å². The van der Waals surface area contributed by atoms with Crippen LogP contribution in [-0.4, -0.2) is 22.5 Å². The van der Waals surface area contributed by atoms with Crippen molar-refractivity contribution in [3.05, 3.63) is 47.7 Å². The number of H-pyrrole nitrogens is 2. The Balaban J connectivity index is 2.02. The lowest BCUT2D eigenvalue weighted by Crippen LogP contribution is -2.04. The molecule has 0 aliphatic rings. The fourth-order valence-electron chi connectivity index (χ4n) is 3.00. The van der Waals surface area contributed by atoms with Crippen LogP contribution in [0.15, 0.2) is 36.4 Å². The molecule has 0 bridgehead atoms. The van der Waals surface area contributed by atoms with E-state index in [-0.39, 0.29) is 5.97 Å². The number of hydrogen-bond donors (Lipinski definition) is 2. The first-order valence-electron chi connectivity index (χ1n) is 7.38. The van der Waals surface area contributed by atoms with Gasteiger partial charge in [0.1, 0.15) is 5.69 Å². The quantitative estimate of drug-likeness (QED) is 0.541. The Labute approximate surface area is 127 Å². The third-order valence-electron chi connectivity index (χ3n) is 4.02. The average Bonchev–Trinajstić information content (AvgIpc) is 3.08. The molecule has 22 heavy (non-hydrogen) atoms. The van der Waals surface area contributed by atoms with E-state index in [1.807, 2.05) is 12.1 Å². The van der Waals surface area contributed by atoms with Crippen molar-refractivity contribution in [2.75, 3.05) is 6.61 Å². The van der Waals surface area contributed by atoms with Gasteiger partial charge in [0.05, 0.1) is 17.6 Å². The zero-order valence-corrected chi connectivity index (χ0v) is 12.5. The highest BCUT2D eigenvalue weighted by molar-refractivity contribution is 6.16. The van der Waals surface area contributed by atoms with Crippen LogP contribution >= 0.6 is 0 Å². The summed E-state index contributed by atoms with van der Waals surface area (Å²) in [6.07, 6.45) is 0. The lowest BCUT2D eigenvalue weighted by atomic mass is 10.1. The number of rotatable bonds is 2. The molecule has 4 nitrogen and oxygen atoms in total. The second kappa shape index (κ2) is 4.63. The van der Waals surface area contributed by atoms with Crippen molar-refractivity contribution in [2.24, 2.45) is 0 Å². The molecule has 0 radical (unpaired) electrons. The number of nitrogens with one attached hydrogen (secondary N) is 2. The standard InChI is InChI=1S/C18H16N2O2/c1-3-22-18(21)15-9-11-5-6-12-13-8-10(2)4-7-14(13)19-17(12)16(11)20-15/h4-9,19-20H,3H2,1-2H3. The van der Waals surface area contributed by atoms with Gasteiger partial charge in [-0.3, -0.25) is 0 Å². The third kappa shape index (κ3) is 1.80. The van der Waals surface area contributed by atoms with Gasteiger partial charge in [0.15, 0.2) is 0 Å². The maximum atomic E-state index is 11.9. The number of hydrogen-bond acceptors (Lipinski definition) is 2. The normalized spacial score (nSPS) is 11.5. The van der Waals surface area contributed by atoms with Crippen molar-refractivity contribution < 1.29 is 9.53 Å². The first-order valence-corrected chi connectivity index (χ1v) is 7.38. The van der Waals surface area contributed by atoms with Crippen LogP contribution in [0.1, 0.15) is 23.0 Å². The molecule has 0 saturated heterocycles. The number of ether oxygens (including phenoxy) is 1. The number of carbonyl (C=O) groups is 1. The molecule has 2 heterocycles. The molecular weight excluding hydrogens is 276 g/mol. The highest BCUT2D eigenvalue weighted by Crippen LogP contribution is 2.31. The molecule has 0 saturated carbocycles. The van der Waals surface area contributed by atoms with Crippen molar-refractivity contribution >= 4 is 38.7 Å². The van der Waals surface area contributed by atoms with Gasteiger partial charge in [-0.05, 0) is 32.0 Å². The maximum Gasteiger partial charge on any atom is 0.354 e. The highest BCUT2D eigenvalue weighted by atomic mass is 16.5. The molecule has 0 aliphatic carbocycles. The van der Waals surface area contributed by atoms with E-state index in [1.165, 1.54) is 10.9 Å². The molecule has 110 valence electrons. The van der Waals surface area contributed by atoms with Crippen molar-refractivity contribution in [3.63, 3.8) is 0 Å². The van der Waals surface area contributed by atoms with Crippen LogP contribution in [-0.2, 0) is 4.74 Å². The number of fused-ring (bicyclic) bond motifs is 5. The second-order valence-corrected chi connectivity index (χ2v) is 5.53. The molecule has 0 spiro atoms. The summed E-state index contributed by atoms with van der Waals surface area (Å²) in [6.45, 7) is 4.26. The lowest BCUT2D eigenvalue weighted by Gasteiger charge is -1.97. The molecule has 0 aliphatic heterocycles. The summed E-state index contributed by atoms with van der Waals surface area (Å²) in [7, 11) is 0. The number of esters is 1. The monoisotopic (exact) mass is 292 g/mol. The molecule has 0 amide bonds. The Kier molecular flexibility index (Phi) is 2.73. The SMILES string of the molecule is CCOC(=O)c1cc2ccc3c4cc(C)ccc4[nH]c3c2[nH]1. The Morgan fingerprint density at radius 3 is 2.73 bits per heavy atom. The van der Waals surface area contributed by atoms with Gasteiger partial charge in [-0.1, -0.05) is 23.8 Å². The van der Waals surface area contributed by atoms with E-state index in [4.69, 9.17) is 4.74 Å². The van der Waals surface area contributed by atoms with Crippen LogP contribution in [0.5, 0.6) is 0 Å². The van der Waals surface area contributed by atoms with Crippen molar-refractivity contribution in [1.29, 1.82) is 0 Å². The Hall–Kier alpha value is -2.75. The average molecular weight is 292 g/mol. The summed E-state index contributed by atoms with van der Waals surface area (Å²) in [5.41, 5.74) is 4.77. The number of aryl methyl sites for hydroxylation is 1. The molecule has 0 unspecified atom stereocenters. The summed E-state index contributed by atoms with van der Waals surface area (Å²) in [4.78, 5) is 18.5. The molecule has 2 aromatic heterocycles. The molecule has 4 heteroatoms. The number of aromatic nitrogens is 2. The lowest BCUT2D eigenvalue weighted by molar-refractivity contribution is 0.0520. The van der Waals surface area contributed by atoms with Crippen LogP contribution in [0, 0.1) is 6.92 Å². The molecule has 4 aromatic rings. The molecule has 2 N–H and O–H groups in total.